The molecule has 1 aliphatic rings. The third-order valence-electron chi connectivity index (χ3n) is 6.61. The van der Waals surface area contributed by atoms with E-state index in [1.807, 2.05) is 31.2 Å². The Labute approximate surface area is 223 Å². The molecular weight excluding hydrogens is 512 g/mol. The van der Waals surface area contributed by atoms with Crippen molar-refractivity contribution in [3.63, 3.8) is 0 Å². The van der Waals surface area contributed by atoms with Crippen LogP contribution < -0.4 is 15.4 Å². The standard InChI is InChI=1S/C26H29ClN6O3S/c1-14-23(25-32-19-12-28-7-6-22(19)37-25)24(31-18-10-16(13-34)11-20(18)35)33-26(30-14)29-8-5-15-3-4-21(36-2)17(27)9-15/h3-4,6-7,9,12,16,18,20,34-35H,5,8,10-11,13H2,1-2H3,(H2,29,30,31,33)/t16-,18+,20+/m0/s1. The summed E-state index contributed by atoms with van der Waals surface area (Å²) in [6.07, 6.45) is 4.85. The SMILES string of the molecule is COc1ccc(CCNc2nc(C)c(-c3nc4cnccc4s3)c(N[C@@H]3C[C@H](CO)C[C@H]3O)n2)cc1Cl. The molecule has 194 valence electrons. The number of hydrogen-bond acceptors (Lipinski definition) is 10. The molecule has 1 saturated carbocycles. The van der Waals surface area contributed by atoms with Gasteiger partial charge in [-0.3, -0.25) is 4.98 Å². The zero-order valence-electron chi connectivity index (χ0n) is 20.6. The van der Waals surface area contributed by atoms with Crippen LogP contribution in [0.3, 0.4) is 0 Å². The number of aromatic nitrogens is 4. The van der Waals surface area contributed by atoms with Gasteiger partial charge in [0.15, 0.2) is 0 Å². The van der Waals surface area contributed by atoms with Crippen molar-refractivity contribution in [3.8, 4) is 16.3 Å². The lowest BCUT2D eigenvalue weighted by molar-refractivity contribution is 0.157. The van der Waals surface area contributed by atoms with Gasteiger partial charge in [0.1, 0.15) is 22.1 Å². The van der Waals surface area contributed by atoms with Gasteiger partial charge in [-0.25, -0.2) is 9.97 Å². The summed E-state index contributed by atoms with van der Waals surface area (Å²) in [5.74, 6) is 1.79. The van der Waals surface area contributed by atoms with Gasteiger partial charge in [0.25, 0.3) is 0 Å². The van der Waals surface area contributed by atoms with Crippen LogP contribution in [0.25, 0.3) is 20.8 Å². The Balaban J connectivity index is 1.41. The number of halogens is 1. The summed E-state index contributed by atoms with van der Waals surface area (Å²) in [4.78, 5) is 18.5. The van der Waals surface area contributed by atoms with E-state index in [0.717, 1.165) is 38.5 Å². The first-order chi connectivity index (χ1) is 17.9. The highest BCUT2D eigenvalue weighted by atomic mass is 35.5. The molecule has 5 rings (SSSR count). The number of aryl methyl sites for hydroxylation is 1. The van der Waals surface area contributed by atoms with Crippen LogP contribution in [-0.4, -0.2) is 62.6 Å². The van der Waals surface area contributed by atoms with Gasteiger partial charge in [-0.2, -0.15) is 4.98 Å². The summed E-state index contributed by atoms with van der Waals surface area (Å²) in [6, 6.07) is 7.44. The number of methoxy groups -OCH3 is 1. The quantitative estimate of drug-likeness (QED) is 0.245. The fraction of sp³-hybridized carbons (Fsp3) is 0.385. The highest BCUT2D eigenvalue weighted by Crippen LogP contribution is 2.37. The number of fused-ring (bicyclic) bond motifs is 1. The topological polar surface area (TPSA) is 125 Å². The molecule has 4 N–H and O–H groups in total. The monoisotopic (exact) mass is 540 g/mol. The molecule has 3 atom stereocenters. The lowest BCUT2D eigenvalue weighted by atomic mass is 10.1. The molecule has 4 aromatic rings. The number of nitrogens with zero attached hydrogens (tertiary/aromatic N) is 4. The average Bonchev–Trinajstić information content (AvgIpc) is 3.47. The van der Waals surface area contributed by atoms with E-state index in [2.05, 4.69) is 15.6 Å². The number of hydrogen-bond donors (Lipinski definition) is 4. The van der Waals surface area contributed by atoms with E-state index in [1.165, 1.54) is 0 Å². The number of thiazole rings is 1. The number of benzene rings is 1. The molecule has 0 bridgehead atoms. The van der Waals surface area contributed by atoms with E-state index in [-0.39, 0.29) is 18.6 Å². The third-order valence-corrected chi connectivity index (χ3v) is 7.96. The van der Waals surface area contributed by atoms with Crippen LogP contribution in [0.15, 0.2) is 36.7 Å². The molecule has 1 aliphatic carbocycles. The van der Waals surface area contributed by atoms with Crippen LogP contribution in [-0.2, 0) is 6.42 Å². The summed E-state index contributed by atoms with van der Waals surface area (Å²) in [7, 11) is 1.59. The molecule has 37 heavy (non-hydrogen) atoms. The van der Waals surface area contributed by atoms with Crippen LogP contribution >= 0.6 is 22.9 Å². The highest BCUT2D eigenvalue weighted by molar-refractivity contribution is 7.21. The summed E-state index contributed by atoms with van der Waals surface area (Å²) in [6.45, 7) is 2.59. The number of ether oxygens (including phenoxy) is 1. The molecule has 0 aliphatic heterocycles. The van der Waals surface area contributed by atoms with Gasteiger partial charge in [-0.05, 0) is 55.9 Å². The largest absolute Gasteiger partial charge is 0.495 e. The highest BCUT2D eigenvalue weighted by Gasteiger charge is 2.33. The van der Waals surface area contributed by atoms with E-state index >= 15 is 0 Å². The van der Waals surface area contributed by atoms with Crippen LogP contribution in [0.5, 0.6) is 5.75 Å². The first-order valence-corrected chi connectivity index (χ1v) is 13.4. The van der Waals surface area contributed by atoms with Crippen molar-refractivity contribution in [1.82, 2.24) is 19.9 Å². The Morgan fingerprint density at radius 1 is 1.19 bits per heavy atom. The van der Waals surface area contributed by atoms with E-state index in [1.54, 1.807) is 30.8 Å². The minimum absolute atomic E-state index is 0.0535. The number of aliphatic hydroxyl groups excluding tert-OH is 2. The van der Waals surface area contributed by atoms with Gasteiger partial charge in [-0.1, -0.05) is 17.7 Å². The van der Waals surface area contributed by atoms with Gasteiger partial charge in [0.05, 0.1) is 46.4 Å². The van der Waals surface area contributed by atoms with Crippen LogP contribution in [0.4, 0.5) is 11.8 Å². The Hall–Kier alpha value is -3.05. The maximum atomic E-state index is 10.6. The number of nitrogens with one attached hydrogen (secondary N) is 2. The summed E-state index contributed by atoms with van der Waals surface area (Å²) in [5.41, 5.74) is 3.45. The van der Waals surface area contributed by atoms with Gasteiger partial charge in [0, 0.05) is 19.3 Å². The predicted octanol–water partition coefficient (Wildman–Crippen LogP) is 4.32. The molecule has 1 aromatic carbocycles. The molecule has 3 heterocycles. The van der Waals surface area contributed by atoms with Gasteiger partial charge in [0.2, 0.25) is 5.95 Å². The van der Waals surface area contributed by atoms with Crippen molar-refractivity contribution in [1.29, 1.82) is 0 Å². The maximum Gasteiger partial charge on any atom is 0.224 e. The molecule has 0 unspecified atom stereocenters. The molecule has 0 amide bonds. The third kappa shape index (κ3) is 5.62. The zero-order valence-corrected chi connectivity index (χ0v) is 22.2. The second-order valence-electron chi connectivity index (χ2n) is 9.20. The van der Waals surface area contributed by atoms with Crippen molar-refractivity contribution >= 4 is 44.9 Å². The van der Waals surface area contributed by atoms with E-state index in [9.17, 15) is 10.2 Å². The summed E-state index contributed by atoms with van der Waals surface area (Å²) in [5, 5.41) is 28.3. The van der Waals surface area contributed by atoms with Crippen molar-refractivity contribution in [2.75, 3.05) is 30.9 Å². The van der Waals surface area contributed by atoms with Crippen molar-refractivity contribution in [2.24, 2.45) is 5.92 Å². The van der Waals surface area contributed by atoms with E-state index in [4.69, 9.17) is 31.3 Å². The van der Waals surface area contributed by atoms with Gasteiger partial charge < -0.3 is 25.6 Å². The number of rotatable bonds is 9. The molecule has 9 nitrogen and oxygen atoms in total. The maximum absolute atomic E-state index is 10.6. The van der Waals surface area contributed by atoms with Gasteiger partial charge in [-0.15, -0.1) is 11.3 Å². The molecule has 3 aromatic heterocycles. The second-order valence-corrected chi connectivity index (χ2v) is 10.6. The Morgan fingerprint density at radius 3 is 2.78 bits per heavy atom. The number of pyridine rings is 1. The van der Waals surface area contributed by atoms with E-state index < -0.39 is 6.10 Å². The van der Waals surface area contributed by atoms with Gasteiger partial charge >= 0.3 is 0 Å². The lowest BCUT2D eigenvalue weighted by Crippen LogP contribution is -2.29. The molecule has 1 fully saturated rings. The summed E-state index contributed by atoms with van der Waals surface area (Å²) >= 11 is 7.81. The Morgan fingerprint density at radius 2 is 2.05 bits per heavy atom. The van der Waals surface area contributed by atoms with Crippen LogP contribution in [0, 0.1) is 12.8 Å². The van der Waals surface area contributed by atoms with Crippen molar-refractivity contribution in [2.45, 2.75) is 38.3 Å². The van der Waals surface area contributed by atoms with Crippen LogP contribution in [0.1, 0.15) is 24.1 Å². The lowest BCUT2D eigenvalue weighted by Gasteiger charge is -2.20. The van der Waals surface area contributed by atoms with E-state index in [0.29, 0.717) is 41.9 Å². The molecule has 11 heteroatoms. The zero-order chi connectivity index (χ0) is 25.9. The minimum atomic E-state index is -0.573. The second kappa shape index (κ2) is 11.1. The fourth-order valence-electron chi connectivity index (χ4n) is 4.68. The fourth-order valence-corrected chi connectivity index (χ4v) is 5.99. The molecule has 0 spiro atoms. The number of aliphatic hydroxyl groups is 2. The number of anilines is 2. The van der Waals surface area contributed by atoms with Crippen molar-refractivity contribution in [3.05, 3.63) is 52.9 Å². The Bertz CT molecular complexity index is 1370. The van der Waals surface area contributed by atoms with Crippen LogP contribution in [0.2, 0.25) is 5.02 Å². The first-order valence-electron chi connectivity index (χ1n) is 12.2. The minimum Gasteiger partial charge on any atom is -0.495 e. The normalized spacial score (nSPS) is 19.3. The average molecular weight is 541 g/mol. The van der Waals surface area contributed by atoms with Crippen molar-refractivity contribution < 1.29 is 14.9 Å². The molecular formula is C26H29ClN6O3S. The molecule has 0 radical (unpaired) electrons. The molecule has 0 saturated heterocycles. The first kappa shape index (κ1) is 25.6. The smallest absolute Gasteiger partial charge is 0.224 e. The summed E-state index contributed by atoms with van der Waals surface area (Å²) < 4.78 is 6.25. The Kier molecular flexibility index (Phi) is 7.71. The predicted molar refractivity (Wildman–Crippen MR) is 147 cm³/mol.